The van der Waals surface area contributed by atoms with Gasteiger partial charge in [0.1, 0.15) is 0 Å². The highest BCUT2D eigenvalue weighted by molar-refractivity contribution is 6.01. The Kier molecular flexibility index (Phi) is 4.59. The van der Waals surface area contributed by atoms with Gasteiger partial charge in [-0.2, -0.15) is 5.10 Å². The molecule has 0 saturated heterocycles. The van der Waals surface area contributed by atoms with Crippen LogP contribution in [0.15, 0.2) is 73.3 Å². The first-order valence-corrected chi connectivity index (χ1v) is 7.25. The van der Waals surface area contributed by atoms with Crippen LogP contribution in [0.2, 0.25) is 0 Å². The number of amides is 1. The molecule has 0 unspecified atom stereocenters. The van der Waals surface area contributed by atoms with Crippen LogP contribution in [0.4, 0.5) is 5.69 Å². The molecule has 5 nitrogen and oxygen atoms in total. The Morgan fingerprint density at radius 1 is 1.13 bits per heavy atom. The second kappa shape index (κ2) is 7.17. The van der Waals surface area contributed by atoms with E-state index in [-0.39, 0.29) is 5.91 Å². The van der Waals surface area contributed by atoms with E-state index in [1.54, 1.807) is 24.7 Å². The summed E-state index contributed by atoms with van der Waals surface area (Å²) in [6.07, 6.45) is 10.3. The first-order chi connectivity index (χ1) is 11.3. The minimum absolute atomic E-state index is 0.173. The van der Waals surface area contributed by atoms with Gasteiger partial charge in [0, 0.05) is 36.6 Å². The minimum atomic E-state index is -0.173. The third kappa shape index (κ3) is 4.38. The van der Waals surface area contributed by atoms with Crippen LogP contribution in [0.5, 0.6) is 0 Å². The van der Waals surface area contributed by atoms with Crippen molar-refractivity contribution in [1.29, 1.82) is 0 Å². The number of benzene rings is 1. The van der Waals surface area contributed by atoms with E-state index < -0.39 is 0 Å². The Balaban J connectivity index is 1.57. The molecule has 23 heavy (non-hydrogen) atoms. The standard InChI is InChI=1S/C18H16N4O/c23-18(9-6-15-3-1-10-19-13-15)21-17-7-4-16(5-8-17)14-22-12-2-11-20-22/h1-13H,14H2,(H,21,23)/b9-6-. The van der Waals surface area contributed by atoms with Gasteiger partial charge in [-0.25, -0.2) is 0 Å². The summed E-state index contributed by atoms with van der Waals surface area (Å²) < 4.78 is 1.85. The summed E-state index contributed by atoms with van der Waals surface area (Å²) in [4.78, 5) is 15.9. The van der Waals surface area contributed by atoms with E-state index in [0.717, 1.165) is 16.8 Å². The fourth-order valence-electron chi connectivity index (χ4n) is 2.10. The van der Waals surface area contributed by atoms with Crippen LogP contribution in [0.25, 0.3) is 6.08 Å². The number of hydrogen-bond donors (Lipinski definition) is 1. The number of carbonyl (C=O) groups is 1. The highest BCUT2D eigenvalue weighted by atomic mass is 16.1. The summed E-state index contributed by atoms with van der Waals surface area (Å²) in [6.45, 7) is 0.710. The van der Waals surface area contributed by atoms with E-state index in [9.17, 15) is 4.79 Å². The molecule has 1 aromatic carbocycles. The lowest BCUT2D eigenvalue weighted by molar-refractivity contribution is -0.111. The average molecular weight is 304 g/mol. The Bertz CT molecular complexity index is 778. The first-order valence-electron chi connectivity index (χ1n) is 7.25. The second-order valence-corrected chi connectivity index (χ2v) is 5.01. The van der Waals surface area contributed by atoms with Crippen LogP contribution in [-0.4, -0.2) is 20.7 Å². The molecule has 2 aromatic heterocycles. The second-order valence-electron chi connectivity index (χ2n) is 5.01. The van der Waals surface area contributed by atoms with Gasteiger partial charge in [0.25, 0.3) is 0 Å². The van der Waals surface area contributed by atoms with Crippen molar-refractivity contribution in [2.24, 2.45) is 0 Å². The Hall–Kier alpha value is -3.21. The fraction of sp³-hybridized carbons (Fsp3) is 0.0556. The Morgan fingerprint density at radius 3 is 2.70 bits per heavy atom. The number of nitrogens with one attached hydrogen (secondary N) is 1. The van der Waals surface area contributed by atoms with Gasteiger partial charge in [0.15, 0.2) is 0 Å². The zero-order valence-corrected chi connectivity index (χ0v) is 12.5. The van der Waals surface area contributed by atoms with Crippen molar-refractivity contribution in [1.82, 2.24) is 14.8 Å². The maximum absolute atomic E-state index is 11.9. The quantitative estimate of drug-likeness (QED) is 0.737. The number of pyridine rings is 1. The molecular weight excluding hydrogens is 288 g/mol. The molecule has 0 fully saturated rings. The normalized spacial score (nSPS) is 10.8. The molecule has 0 aliphatic rings. The summed E-state index contributed by atoms with van der Waals surface area (Å²) in [5.74, 6) is -0.173. The Morgan fingerprint density at radius 2 is 2.00 bits per heavy atom. The third-order valence-corrected chi connectivity index (χ3v) is 3.24. The minimum Gasteiger partial charge on any atom is -0.323 e. The number of rotatable bonds is 5. The van der Waals surface area contributed by atoms with Crippen LogP contribution in [-0.2, 0) is 11.3 Å². The molecule has 0 aliphatic carbocycles. The summed E-state index contributed by atoms with van der Waals surface area (Å²) in [5.41, 5.74) is 2.77. The molecule has 5 heteroatoms. The van der Waals surface area contributed by atoms with Crippen molar-refractivity contribution < 1.29 is 4.79 Å². The Labute approximate surface area is 134 Å². The first kappa shape index (κ1) is 14.7. The predicted octanol–water partition coefficient (Wildman–Crippen LogP) is 2.98. The molecule has 0 aliphatic heterocycles. The van der Waals surface area contributed by atoms with E-state index >= 15 is 0 Å². The zero-order chi connectivity index (χ0) is 15.9. The molecule has 0 spiro atoms. The molecule has 1 N–H and O–H groups in total. The largest absolute Gasteiger partial charge is 0.323 e. The molecule has 114 valence electrons. The van der Waals surface area contributed by atoms with Gasteiger partial charge in [0.2, 0.25) is 5.91 Å². The molecule has 3 aromatic rings. The fourth-order valence-corrected chi connectivity index (χ4v) is 2.10. The number of hydrogen-bond acceptors (Lipinski definition) is 3. The summed E-state index contributed by atoms with van der Waals surface area (Å²) in [7, 11) is 0. The van der Waals surface area contributed by atoms with Crippen molar-refractivity contribution >= 4 is 17.7 Å². The molecule has 3 rings (SSSR count). The maximum Gasteiger partial charge on any atom is 0.248 e. The average Bonchev–Trinajstić information content (AvgIpc) is 3.09. The van der Waals surface area contributed by atoms with Crippen LogP contribution >= 0.6 is 0 Å². The molecule has 0 bridgehead atoms. The van der Waals surface area contributed by atoms with Gasteiger partial charge < -0.3 is 5.32 Å². The van der Waals surface area contributed by atoms with Gasteiger partial charge in [-0.15, -0.1) is 0 Å². The van der Waals surface area contributed by atoms with Crippen molar-refractivity contribution in [3.05, 3.63) is 84.5 Å². The number of nitrogens with zero attached hydrogens (tertiary/aromatic N) is 3. The van der Waals surface area contributed by atoms with Crippen molar-refractivity contribution in [3.63, 3.8) is 0 Å². The van der Waals surface area contributed by atoms with Crippen LogP contribution in [0, 0.1) is 0 Å². The number of aromatic nitrogens is 3. The summed E-state index contributed by atoms with van der Waals surface area (Å²) in [5, 5.41) is 7.00. The van der Waals surface area contributed by atoms with Crippen LogP contribution in [0.1, 0.15) is 11.1 Å². The van der Waals surface area contributed by atoms with Crippen molar-refractivity contribution in [2.75, 3.05) is 5.32 Å². The lowest BCUT2D eigenvalue weighted by Gasteiger charge is -2.05. The number of anilines is 1. The van der Waals surface area contributed by atoms with Gasteiger partial charge in [-0.3, -0.25) is 14.5 Å². The summed E-state index contributed by atoms with van der Waals surface area (Å²) in [6, 6.07) is 13.3. The monoisotopic (exact) mass is 304 g/mol. The highest BCUT2D eigenvalue weighted by Crippen LogP contribution is 2.11. The molecule has 0 saturated carbocycles. The van der Waals surface area contributed by atoms with E-state index in [1.807, 2.05) is 53.3 Å². The van der Waals surface area contributed by atoms with Gasteiger partial charge in [0.05, 0.1) is 6.54 Å². The molecule has 0 radical (unpaired) electrons. The van der Waals surface area contributed by atoms with E-state index in [1.165, 1.54) is 6.08 Å². The van der Waals surface area contributed by atoms with E-state index in [4.69, 9.17) is 0 Å². The smallest absolute Gasteiger partial charge is 0.248 e. The van der Waals surface area contributed by atoms with Gasteiger partial charge >= 0.3 is 0 Å². The lowest BCUT2D eigenvalue weighted by Crippen LogP contribution is -2.08. The van der Waals surface area contributed by atoms with Crippen LogP contribution in [0.3, 0.4) is 0 Å². The topological polar surface area (TPSA) is 59.8 Å². The third-order valence-electron chi connectivity index (χ3n) is 3.24. The summed E-state index contributed by atoms with van der Waals surface area (Å²) >= 11 is 0. The molecule has 2 heterocycles. The van der Waals surface area contributed by atoms with Crippen molar-refractivity contribution in [3.8, 4) is 0 Å². The van der Waals surface area contributed by atoms with Gasteiger partial charge in [-0.1, -0.05) is 18.2 Å². The van der Waals surface area contributed by atoms with Crippen molar-refractivity contribution in [2.45, 2.75) is 6.54 Å². The van der Waals surface area contributed by atoms with E-state index in [0.29, 0.717) is 6.54 Å². The SMILES string of the molecule is O=C(/C=C\c1cccnc1)Nc1ccc(Cn2cccn2)cc1. The molecule has 0 atom stereocenters. The van der Waals surface area contributed by atoms with Gasteiger partial charge in [-0.05, 0) is 41.5 Å². The maximum atomic E-state index is 11.9. The lowest BCUT2D eigenvalue weighted by atomic mass is 10.2. The predicted molar refractivity (Wildman–Crippen MR) is 89.7 cm³/mol. The highest BCUT2D eigenvalue weighted by Gasteiger charge is 1.99. The molecule has 1 amide bonds. The van der Waals surface area contributed by atoms with Crippen LogP contribution < -0.4 is 5.32 Å². The number of carbonyl (C=O) groups excluding carboxylic acids is 1. The molecular formula is C18H16N4O. The van der Waals surface area contributed by atoms with E-state index in [2.05, 4.69) is 15.4 Å². The zero-order valence-electron chi connectivity index (χ0n) is 12.5.